The number of fused-ring (bicyclic) bond motifs is 4. The van der Waals surface area contributed by atoms with Gasteiger partial charge in [0.2, 0.25) is 0 Å². The molecule has 0 fully saturated rings. The molecule has 11 rings (SSSR count). The first-order valence-corrected chi connectivity index (χ1v) is 27.2. The molecule has 0 aliphatic heterocycles. The average molecular weight is 989 g/mol. The van der Waals surface area contributed by atoms with Crippen LogP contribution in [0.3, 0.4) is 0 Å². The van der Waals surface area contributed by atoms with Gasteiger partial charge in [0.1, 0.15) is 0 Å². The Morgan fingerprint density at radius 3 is 0.763 bits per heavy atom. The van der Waals surface area contributed by atoms with Gasteiger partial charge in [-0.3, -0.25) is 0 Å². The number of anilines is 6. The van der Waals surface area contributed by atoms with E-state index < -0.39 is 0 Å². The van der Waals surface area contributed by atoms with Crippen molar-refractivity contribution in [2.45, 2.75) is 105 Å². The van der Waals surface area contributed by atoms with Crippen molar-refractivity contribution in [2.24, 2.45) is 0 Å². The van der Waals surface area contributed by atoms with Crippen molar-refractivity contribution in [1.82, 2.24) is 0 Å². The molecule has 0 saturated heterocycles. The topological polar surface area (TPSA) is 6.48 Å². The van der Waals surface area contributed by atoms with Gasteiger partial charge in [-0.15, -0.1) is 0 Å². The lowest BCUT2D eigenvalue weighted by atomic mass is 9.84. The molecule has 0 N–H and O–H groups in total. The van der Waals surface area contributed by atoms with Gasteiger partial charge in [0, 0.05) is 34.1 Å². The first-order valence-electron chi connectivity index (χ1n) is 27.2. The molecule has 0 atom stereocenters. The lowest BCUT2D eigenvalue weighted by Crippen LogP contribution is -2.14. The Bertz CT molecular complexity index is 3550. The minimum Gasteiger partial charge on any atom is -0.310 e. The zero-order valence-corrected chi connectivity index (χ0v) is 46.7. The smallest absolute Gasteiger partial charge is 0.0468 e. The Balaban J connectivity index is 1.23. The standard InChI is InChI=1S/C74H72N2/c1-71(2,3)55-25-33-59(34-26-55)75(60-35-27-56(28-36-60)72(4,5)6)63-41-43-65-67(47-63)69(53-23-21-49-17-13-15-19-51(49)45-53)66-44-42-64(48-68(66)70(65)54-24-22-50-18-14-16-20-52(50)46-54)76(61-37-29-57(30-38-61)73(7,8)9)62-39-31-58(32-40-62)74(10,11)12/h13-48H,1-12H3. The maximum Gasteiger partial charge on any atom is 0.0468 e. The van der Waals surface area contributed by atoms with E-state index in [1.807, 2.05) is 0 Å². The number of rotatable bonds is 8. The maximum atomic E-state index is 2.47. The average Bonchev–Trinajstić information content (AvgIpc) is 3.43. The Labute approximate surface area is 452 Å². The van der Waals surface area contributed by atoms with E-state index in [0.717, 1.165) is 34.1 Å². The van der Waals surface area contributed by atoms with Crippen LogP contribution in [0.1, 0.15) is 105 Å². The van der Waals surface area contributed by atoms with Gasteiger partial charge in [-0.05, 0) is 194 Å². The van der Waals surface area contributed by atoms with Gasteiger partial charge < -0.3 is 9.80 Å². The summed E-state index contributed by atoms with van der Waals surface area (Å²) < 4.78 is 0. The van der Waals surface area contributed by atoms with E-state index in [1.54, 1.807) is 0 Å². The molecule has 11 aromatic carbocycles. The molecular weight excluding hydrogens is 917 g/mol. The van der Waals surface area contributed by atoms with Crippen molar-refractivity contribution in [2.75, 3.05) is 9.80 Å². The molecule has 0 amide bonds. The Hall–Kier alpha value is -7.94. The summed E-state index contributed by atoms with van der Waals surface area (Å²) in [7, 11) is 0. The molecule has 0 saturated carbocycles. The first-order chi connectivity index (χ1) is 36.2. The fourth-order valence-electron chi connectivity index (χ4n) is 11.1. The third-order valence-corrected chi connectivity index (χ3v) is 15.6. The Morgan fingerprint density at radius 1 is 0.224 bits per heavy atom. The van der Waals surface area contributed by atoms with Crippen LogP contribution in [0.5, 0.6) is 0 Å². The van der Waals surface area contributed by atoms with Crippen molar-refractivity contribution in [3.63, 3.8) is 0 Å². The molecule has 11 aromatic rings. The van der Waals surface area contributed by atoms with Crippen LogP contribution >= 0.6 is 0 Å². The summed E-state index contributed by atoms with van der Waals surface area (Å²) in [5.41, 5.74) is 16.8. The molecule has 76 heavy (non-hydrogen) atoms. The van der Waals surface area contributed by atoms with E-state index in [4.69, 9.17) is 0 Å². The number of nitrogens with zero attached hydrogens (tertiary/aromatic N) is 2. The van der Waals surface area contributed by atoms with Gasteiger partial charge in [-0.2, -0.15) is 0 Å². The van der Waals surface area contributed by atoms with Crippen LogP contribution in [0.15, 0.2) is 218 Å². The molecular formula is C74H72N2. The number of hydrogen-bond donors (Lipinski definition) is 0. The zero-order chi connectivity index (χ0) is 53.3. The van der Waals surface area contributed by atoms with Crippen molar-refractivity contribution in [3.8, 4) is 22.3 Å². The summed E-state index contributed by atoms with van der Waals surface area (Å²) in [5, 5.41) is 9.70. The van der Waals surface area contributed by atoms with Gasteiger partial charge in [-0.1, -0.05) is 217 Å². The molecule has 378 valence electrons. The fraction of sp³-hybridized carbons (Fsp3) is 0.216. The predicted octanol–water partition coefficient (Wildman–Crippen LogP) is 21.8. The van der Waals surface area contributed by atoms with E-state index in [0.29, 0.717) is 0 Å². The molecule has 0 bridgehead atoms. The SMILES string of the molecule is CC(C)(C)c1ccc(N(c2ccc(C(C)(C)C)cc2)c2ccc3c(-c4ccc5ccccc5c4)c4cc(N(c5ccc(C(C)(C)C)cc5)c5ccc(C(C)(C)C)cc5)ccc4c(-c4ccc5ccccc5c4)c3c2)cc1. The monoisotopic (exact) mass is 989 g/mol. The largest absolute Gasteiger partial charge is 0.310 e. The molecule has 0 radical (unpaired) electrons. The second-order valence-corrected chi connectivity index (χ2v) is 25.2. The zero-order valence-electron chi connectivity index (χ0n) is 46.7. The highest BCUT2D eigenvalue weighted by molar-refractivity contribution is 6.23. The minimum atomic E-state index is 0.0281. The van der Waals surface area contributed by atoms with Gasteiger partial charge in [-0.25, -0.2) is 0 Å². The Morgan fingerprint density at radius 2 is 0.487 bits per heavy atom. The normalized spacial score (nSPS) is 12.5. The van der Waals surface area contributed by atoms with Crippen LogP contribution in [0.25, 0.3) is 65.3 Å². The van der Waals surface area contributed by atoms with E-state index in [9.17, 15) is 0 Å². The number of hydrogen-bond acceptors (Lipinski definition) is 2. The summed E-state index contributed by atoms with van der Waals surface area (Å²) in [6.45, 7) is 27.4. The Kier molecular flexibility index (Phi) is 12.6. The van der Waals surface area contributed by atoms with Crippen molar-refractivity contribution in [3.05, 3.63) is 241 Å². The van der Waals surface area contributed by atoms with E-state index >= 15 is 0 Å². The third-order valence-electron chi connectivity index (χ3n) is 15.6. The van der Waals surface area contributed by atoms with E-state index in [2.05, 4.69) is 311 Å². The summed E-state index contributed by atoms with van der Waals surface area (Å²) >= 11 is 0. The molecule has 0 unspecified atom stereocenters. The molecule has 0 spiro atoms. The molecule has 0 aromatic heterocycles. The van der Waals surface area contributed by atoms with Crippen LogP contribution in [0, 0.1) is 0 Å². The van der Waals surface area contributed by atoms with Crippen molar-refractivity contribution >= 4 is 77.2 Å². The highest BCUT2D eigenvalue weighted by atomic mass is 15.1. The van der Waals surface area contributed by atoms with E-state index in [1.165, 1.54) is 87.6 Å². The summed E-state index contributed by atoms with van der Waals surface area (Å²) in [6, 6.07) is 82.8. The molecule has 0 aliphatic rings. The molecule has 0 aliphatic carbocycles. The number of benzene rings is 11. The van der Waals surface area contributed by atoms with Gasteiger partial charge in [0.15, 0.2) is 0 Å². The van der Waals surface area contributed by atoms with Gasteiger partial charge in [0.05, 0.1) is 0 Å². The van der Waals surface area contributed by atoms with Crippen LogP contribution in [0.2, 0.25) is 0 Å². The van der Waals surface area contributed by atoms with Crippen molar-refractivity contribution in [1.29, 1.82) is 0 Å². The molecule has 2 nitrogen and oxygen atoms in total. The van der Waals surface area contributed by atoms with Crippen LogP contribution in [-0.4, -0.2) is 0 Å². The maximum absolute atomic E-state index is 2.47. The van der Waals surface area contributed by atoms with Crippen LogP contribution in [0.4, 0.5) is 34.1 Å². The first kappa shape index (κ1) is 50.2. The third kappa shape index (κ3) is 9.67. The van der Waals surface area contributed by atoms with Crippen LogP contribution in [-0.2, 0) is 21.7 Å². The minimum absolute atomic E-state index is 0.0281. The molecule has 0 heterocycles. The second-order valence-electron chi connectivity index (χ2n) is 25.2. The summed E-state index contributed by atoms with van der Waals surface area (Å²) in [5.74, 6) is 0. The highest BCUT2D eigenvalue weighted by Gasteiger charge is 2.25. The quantitative estimate of drug-likeness (QED) is 0.140. The highest BCUT2D eigenvalue weighted by Crippen LogP contribution is 2.49. The lowest BCUT2D eigenvalue weighted by molar-refractivity contribution is 0.590. The lowest BCUT2D eigenvalue weighted by Gasteiger charge is -2.30. The molecule has 2 heteroatoms. The van der Waals surface area contributed by atoms with Gasteiger partial charge >= 0.3 is 0 Å². The predicted molar refractivity (Wildman–Crippen MR) is 332 cm³/mol. The van der Waals surface area contributed by atoms with E-state index in [-0.39, 0.29) is 21.7 Å². The fourth-order valence-corrected chi connectivity index (χ4v) is 11.1. The summed E-state index contributed by atoms with van der Waals surface area (Å²) in [4.78, 5) is 4.89. The van der Waals surface area contributed by atoms with Crippen molar-refractivity contribution < 1.29 is 0 Å². The summed E-state index contributed by atoms with van der Waals surface area (Å²) in [6.07, 6.45) is 0. The second kappa shape index (κ2) is 19.0. The van der Waals surface area contributed by atoms with Gasteiger partial charge in [0.25, 0.3) is 0 Å². The van der Waals surface area contributed by atoms with Crippen LogP contribution < -0.4 is 9.80 Å².